The number of nitriles is 1. The number of thioether (sulfide) groups is 1. The van der Waals surface area contributed by atoms with E-state index < -0.39 is 5.54 Å². The maximum atomic E-state index is 13.2. The van der Waals surface area contributed by atoms with E-state index in [1.165, 1.54) is 30.2 Å². The van der Waals surface area contributed by atoms with Gasteiger partial charge in [0.05, 0.1) is 29.1 Å². The summed E-state index contributed by atoms with van der Waals surface area (Å²) in [6.07, 6.45) is 4.97. The number of fused-ring (bicyclic) bond motifs is 1. The van der Waals surface area contributed by atoms with Gasteiger partial charge in [0.25, 0.3) is 0 Å². The second kappa shape index (κ2) is 7.20. The highest BCUT2D eigenvalue weighted by Gasteiger charge is 2.42. The zero-order valence-corrected chi connectivity index (χ0v) is 15.9. The van der Waals surface area contributed by atoms with Gasteiger partial charge in [0.1, 0.15) is 22.7 Å². The van der Waals surface area contributed by atoms with E-state index in [2.05, 4.69) is 26.5 Å². The van der Waals surface area contributed by atoms with Gasteiger partial charge in [-0.15, -0.1) is 0 Å². The van der Waals surface area contributed by atoms with Crippen LogP contribution in [0.25, 0.3) is 16.7 Å². The molecule has 7 nitrogen and oxygen atoms in total. The molecule has 3 aromatic rings. The van der Waals surface area contributed by atoms with E-state index in [4.69, 9.17) is 0 Å². The van der Waals surface area contributed by atoms with Crippen molar-refractivity contribution in [2.24, 2.45) is 5.92 Å². The van der Waals surface area contributed by atoms with Gasteiger partial charge < -0.3 is 5.32 Å². The summed E-state index contributed by atoms with van der Waals surface area (Å²) in [4.78, 5) is 20.9. The fraction of sp³-hybridized carbons (Fsp3) is 0.316. The lowest BCUT2D eigenvalue weighted by molar-refractivity contribution is -0.119. The third kappa shape index (κ3) is 3.55. The van der Waals surface area contributed by atoms with Crippen LogP contribution >= 0.6 is 11.8 Å². The minimum Gasteiger partial charge on any atom is -0.337 e. The third-order valence-electron chi connectivity index (χ3n) is 4.77. The smallest absolute Gasteiger partial charge is 0.231 e. The summed E-state index contributed by atoms with van der Waals surface area (Å²) in [6.45, 7) is 1.77. The first-order chi connectivity index (χ1) is 13.5. The molecule has 4 rings (SSSR count). The molecule has 0 saturated heterocycles. The molecule has 1 N–H and O–H groups in total. The summed E-state index contributed by atoms with van der Waals surface area (Å²) in [5.74, 6) is -0.171. The van der Waals surface area contributed by atoms with Crippen LogP contribution in [-0.2, 0) is 4.79 Å². The molecule has 2 aromatic heterocycles. The molecule has 0 radical (unpaired) electrons. The molecule has 1 fully saturated rings. The van der Waals surface area contributed by atoms with E-state index in [-0.39, 0.29) is 23.4 Å². The number of amides is 1. The van der Waals surface area contributed by atoms with Gasteiger partial charge in [0, 0.05) is 0 Å². The summed E-state index contributed by atoms with van der Waals surface area (Å²) in [5, 5.41) is 17.9. The van der Waals surface area contributed by atoms with Crippen molar-refractivity contribution in [2.75, 3.05) is 5.75 Å². The quantitative estimate of drug-likeness (QED) is 0.508. The van der Waals surface area contributed by atoms with Crippen LogP contribution < -0.4 is 5.32 Å². The molecule has 1 aromatic carbocycles. The van der Waals surface area contributed by atoms with Crippen molar-refractivity contribution in [3.63, 3.8) is 0 Å². The first-order valence-electron chi connectivity index (χ1n) is 8.80. The van der Waals surface area contributed by atoms with Crippen molar-refractivity contribution in [1.82, 2.24) is 25.1 Å². The lowest BCUT2D eigenvalue weighted by Gasteiger charge is -2.22. The lowest BCUT2D eigenvalue weighted by Crippen LogP contribution is -2.47. The zero-order valence-electron chi connectivity index (χ0n) is 15.1. The van der Waals surface area contributed by atoms with Crippen LogP contribution in [0.5, 0.6) is 0 Å². The van der Waals surface area contributed by atoms with Crippen LogP contribution in [0, 0.1) is 23.1 Å². The lowest BCUT2D eigenvalue weighted by atomic mass is 9.98. The minimum absolute atomic E-state index is 0.137. The molecule has 0 spiro atoms. The molecule has 1 aliphatic carbocycles. The minimum atomic E-state index is -0.813. The van der Waals surface area contributed by atoms with Gasteiger partial charge in [-0.3, -0.25) is 4.79 Å². The Morgan fingerprint density at radius 1 is 1.39 bits per heavy atom. The predicted octanol–water partition coefficient (Wildman–Crippen LogP) is 2.86. The van der Waals surface area contributed by atoms with Crippen LogP contribution in [0.1, 0.15) is 19.8 Å². The number of benzene rings is 1. The molecule has 2 heterocycles. The number of nitrogens with zero attached hydrogens (tertiary/aromatic N) is 5. The summed E-state index contributed by atoms with van der Waals surface area (Å²) >= 11 is 1.27. The molecular weight excluding hydrogens is 379 g/mol. The van der Waals surface area contributed by atoms with Crippen molar-refractivity contribution >= 4 is 28.7 Å². The number of rotatable bonds is 6. The molecule has 0 bridgehead atoms. The largest absolute Gasteiger partial charge is 0.337 e. The molecule has 1 saturated carbocycles. The van der Waals surface area contributed by atoms with Gasteiger partial charge in [0.2, 0.25) is 5.91 Å². The maximum Gasteiger partial charge on any atom is 0.231 e. The summed E-state index contributed by atoms with van der Waals surface area (Å²) in [5.41, 5.74) is 0.439. The van der Waals surface area contributed by atoms with Crippen molar-refractivity contribution in [1.29, 1.82) is 5.26 Å². The van der Waals surface area contributed by atoms with Crippen LogP contribution in [0.15, 0.2) is 41.8 Å². The Morgan fingerprint density at radius 3 is 2.82 bits per heavy atom. The number of aromatic nitrogens is 4. The number of hydrogen-bond acceptors (Lipinski definition) is 6. The van der Waals surface area contributed by atoms with Gasteiger partial charge in [-0.2, -0.15) is 10.4 Å². The normalized spacial score (nSPS) is 15.8. The van der Waals surface area contributed by atoms with Gasteiger partial charge in [-0.05, 0) is 49.9 Å². The van der Waals surface area contributed by atoms with Crippen molar-refractivity contribution in [3.05, 3.63) is 42.6 Å². The third-order valence-corrected chi connectivity index (χ3v) is 5.77. The van der Waals surface area contributed by atoms with Crippen LogP contribution in [0.4, 0.5) is 4.39 Å². The topological polar surface area (TPSA) is 96.5 Å². The van der Waals surface area contributed by atoms with E-state index in [9.17, 15) is 14.4 Å². The van der Waals surface area contributed by atoms with Gasteiger partial charge in [-0.25, -0.2) is 19.0 Å². The second-order valence-corrected chi connectivity index (χ2v) is 7.84. The monoisotopic (exact) mass is 396 g/mol. The number of hydrogen-bond donors (Lipinski definition) is 1. The first kappa shape index (κ1) is 18.4. The molecular formula is C19H17FN6OS. The van der Waals surface area contributed by atoms with E-state index in [0.29, 0.717) is 21.7 Å². The Labute approximate surface area is 165 Å². The highest BCUT2D eigenvalue weighted by atomic mass is 32.2. The highest BCUT2D eigenvalue weighted by molar-refractivity contribution is 8.00. The average molecular weight is 396 g/mol. The summed E-state index contributed by atoms with van der Waals surface area (Å²) in [7, 11) is 0. The summed E-state index contributed by atoms with van der Waals surface area (Å²) < 4.78 is 14.8. The number of halogens is 1. The average Bonchev–Trinajstić information content (AvgIpc) is 3.47. The number of nitrogens with one attached hydrogen (secondary N) is 1. The molecule has 28 heavy (non-hydrogen) atoms. The standard InChI is InChI=1S/C19H17FN6OS/c1-19(10-21,12-2-3-12)25-16(27)9-28-18-15-8-24-26(17(15)22-11-23-18)14-6-4-13(20)5-7-14/h4-8,11-12H,2-3,9H2,1H3,(H,25,27). The predicted molar refractivity (Wildman–Crippen MR) is 102 cm³/mol. The van der Waals surface area contributed by atoms with Crippen molar-refractivity contribution < 1.29 is 9.18 Å². The highest BCUT2D eigenvalue weighted by Crippen LogP contribution is 2.39. The van der Waals surface area contributed by atoms with Gasteiger partial charge in [0.15, 0.2) is 5.65 Å². The molecule has 1 amide bonds. The fourth-order valence-electron chi connectivity index (χ4n) is 3.05. The molecule has 1 aliphatic rings. The Hall–Kier alpha value is -2.99. The Bertz CT molecular complexity index is 1070. The molecule has 9 heteroatoms. The first-order valence-corrected chi connectivity index (χ1v) is 9.78. The number of carbonyl (C=O) groups excluding carboxylic acids is 1. The van der Waals surface area contributed by atoms with Crippen LogP contribution in [-0.4, -0.2) is 36.9 Å². The van der Waals surface area contributed by atoms with E-state index in [1.54, 1.807) is 29.9 Å². The Kier molecular flexibility index (Phi) is 4.73. The van der Waals surface area contributed by atoms with Crippen LogP contribution in [0.3, 0.4) is 0 Å². The molecule has 142 valence electrons. The van der Waals surface area contributed by atoms with E-state index in [1.807, 2.05) is 0 Å². The Balaban J connectivity index is 1.51. The van der Waals surface area contributed by atoms with Gasteiger partial charge in [-0.1, -0.05) is 11.8 Å². The van der Waals surface area contributed by atoms with Crippen LogP contribution in [0.2, 0.25) is 0 Å². The number of carbonyl (C=O) groups is 1. The van der Waals surface area contributed by atoms with Gasteiger partial charge >= 0.3 is 0 Å². The van der Waals surface area contributed by atoms with Crippen molar-refractivity contribution in [2.45, 2.75) is 30.3 Å². The Morgan fingerprint density at radius 2 is 2.14 bits per heavy atom. The molecule has 1 atom stereocenters. The summed E-state index contributed by atoms with van der Waals surface area (Å²) in [6, 6.07) is 8.16. The van der Waals surface area contributed by atoms with E-state index in [0.717, 1.165) is 12.8 Å². The molecule has 1 unspecified atom stereocenters. The fourth-order valence-corrected chi connectivity index (χ4v) is 3.81. The van der Waals surface area contributed by atoms with E-state index >= 15 is 0 Å². The van der Waals surface area contributed by atoms with Crippen molar-refractivity contribution in [3.8, 4) is 11.8 Å². The molecule has 0 aliphatic heterocycles. The SMILES string of the molecule is CC(C#N)(NC(=O)CSc1ncnc2c1cnn2-c1ccc(F)cc1)C1CC1. The second-order valence-electron chi connectivity index (χ2n) is 6.87. The maximum absolute atomic E-state index is 13.2. The zero-order chi connectivity index (χ0) is 19.7.